The van der Waals surface area contributed by atoms with Crippen LogP contribution in [-0.4, -0.2) is 23.9 Å². The lowest BCUT2D eigenvalue weighted by molar-refractivity contribution is -0.409. The number of allylic oxidation sites excluding steroid dienone is 1. The predicted molar refractivity (Wildman–Crippen MR) is 98.6 cm³/mol. The van der Waals surface area contributed by atoms with Gasteiger partial charge in [0.2, 0.25) is 0 Å². The number of phenolic OH excluding ortho intramolecular Hbond substituents is 1. The Kier molecular flexibility index (Phi) is 3.73. The van der Waals surface area contributed by atoms with E-state index < -0.39 is 0 Å². The maximum Gasteiger partial charge on any atom is 0.156 e. The minimum atomic E-state index is -0.0800. The summed E-state index contributed by atoms with van der Waals surface area (Å²) in [5.41, 5.74) is 8.86. The molecule has 1 atom stereocenters. The fourth-order valence-corrected chi connectivity index (χ4v) is 3.46. The van der Waals surface area contributed by atoms with Crippen LogP contribution in [0, 0.1) is 0 Å². The molecule has 2 aliphatic rings. The quantitative estimate of drug-likeness (QED) is 0.905. The normalized spacial score (nSPS) is 17.5. The van der Waals surface area contributed by atoms with Crippen molar-refractivity contribution in [3.05, 3.63) is 59.4 Å². The third-order valence-corrected chi connectivity index (χ3v) is 4.80. The molecule has 2 aromatic rings. The first-order valence-corrected chi connectivity index (χ1v) is 8.64. The number of hydrogen-bond donors (Lipinski definition) is 2. The maximum absolute atomic E-state index is 9.76. The van der Waals surface area contributed by atoms with Gasteiger partial charge in [-0.15, -0.1) is 0 Å². The Labute approximate surface area is 147 Å². The molecule has 2 aromatic carbocycles. The molecule has 4 N–H and O–H groups in total. The van der Waals surface area contributed by atoms with Gasteiger partial charge in [-0.05, 0) is 44.2 Å². The summed E-state index contributed by atoms with van der Waals surface area (Å²) in [4.78, 5) is 7.10. The van der Waals surface area contributed by atoms with E-state index in [1.165, 1.54) is 0 Å². The van der Waals surface area contributed by atoms with Gasteiger partial charge in [0.05, 0.1) is 0 Å². The highest BCUT2D eigenvalue weighted by Crippen LogP contribution is 2.41. The molecule has 0 aromatic heterocycles. The zero-order chi connectivity index (χ0) is 17.6. The van der Waals surface area contributed by atoms with Crippen molar-refractivity contribution in [2.45, 2.75) is 19.9 Å². The molecule has 0 amide bonds. The molecule has 1 aliphatic heterocycles. The standard InChI is InChI=1S/C20H21N3O2/c1-3-23(4-2)12-5-8-17-18(9-12)25-19-11-16(21)15-10-13(24)6-7-14(15)20(19)22-17/h5-11,16,24H,3-4,21H2,1-2H3/p+1. The zero-order valence-electron chi connectivity index (χ0n) is 14.5. The Hall–Kier alpha value is -2.79. The number of benzene rings is 2. The van der Waals surface area contributed by atoms with E-state index in [4.69, 9.17) is 9.73 Å². The Balaban J connectivity index is 1.81. The van der Waals surface area contributed by atoms with Crippen molar-refractivity contribution in [2.24, 2.45) is 4.99 Å². The third-order valence-electron chi connectivity index (χ3n) is 4.80. The van der Waals surface area contributed by atoms with E-state index in [0.29, 0.717) is 0 Å². The smallest absolute Gasteiger partial charge is 0.156 e. The number of aromatic hydroxyl groups is 1. The van der Waals surface area contributed by atoms with Gasteiger partial charge >= 0.3 is 0 Å². The van der Waals surface area contributed by atoms with E-state index in [1.807, 2.05) is 24.3 Å². The molecule has 128 valence electrons. The Morgan fingerprint density at radius 3 is 2.72 bits per heavy atom. The molecule has 0 bridgehead atoms. The first kappa shape index (κ1) is 15.7. The average Bonchev–Trinajstić information content (AvgIpc) is 2.61. The second-order valence-corrected chi connectivity index (χ2v) is 6.30. The van der Waals surface area contributed by atoms with Gasteiger partial charge in [-0.1, -0.05) is 0 Å². The average molecular weight is 336 g/mol. The largest absolute Gasteiger partial charge is 0.508 e. The van der Waals surface area contributed by atoms with Crippen molar-refractivity contribution in [1.29, 1.82) is 0 Å². The first-order chi connectivity index (χ1) is 12.1. The van der Waals surface area contributed by atoms with Crippen molar-refractivity contribution >= 4 is 17.1 Å². The monoisotopic (exact) mass is 336 g/mol. The second-order valence-electron chi connectivity index (χ2n) is 6.30. The van der Waals surface area contributed by atoms with Crippen molar-refractivity contribution < 1.29 is 15.6 Å². The number of ether oxygens (including phenoxy) is 1. The van der Waals surface area contributed by atoms with Crippen LogP contribution in [0.1, 0.15) is 31.0 Å². The Bertz CT molecular complexity index is 898. The molecule has 4 rings (SSSR count). The maximum atomic E-state index is 9.76. The molecule has 5 nitrogen and oxygen atoms in total. The van der Waals surface area contributed by atoms with Crippen molar-refractivity contribution in [3.8, 4) is 11.5 Å². The Morgan fingerprint density at radius 2 is 1.96 bits per heavy atom. The van der Waals surface area contributed by atoms with Crippen LogP contribution in [0.15, 0.2) is 53.2 Å². The predicted octanol–water partition coefficient (Wildman–Crippen LogP) is 2.93. The summed E-state index contributed by atoms with van der Waals surface area (Å²) < 4.78 is 6.17. The molecule has 5 heteroatoms. The van der Waals surface area contributed by atoms with Gasteiger partial charge in [-0.2, -0.15) is 0 Å². The van der Waals surface area contributed by atoms with Gasteiger partial charge in [0, 0.05) is 42.0 Å². The van der Waals surface area contributed by atoms with Gasteiger partial charge in [-0.3, -0.25) is 0 Å². The van der Waals surface area contributed by atoms with Crippen molar-refractivity contribution in [3.63, 3.8) is 0 Å². The van der Waals surface area contributed by atoms with Crippen LogP contribution >= 0.6 is 0 Å². The summed E-state index contributed by atoms with van der Waals surface area (Å²) in [6.45, 7) is 6.18. The van der Waals surface area contributed by atoms with Gasteiger partial charge in [-0.25, -0.2) is 4.99 Å². The van der Waals surface area contributed by atoms with Crippen LogP contribution in [0.5, 0.6) is 11.5 Å². The summed E-state index contributed by atoms with van der Waals surface area (Å²) in [6.07, 6.45) is 1.97. The van der Waals surface area contributed by atoms with Gasteiger partial charge < -0.3 is 20.5 Å². The van der Waals surface area contributed by atoms with E-state index in [1.54, 1.807) is 12.1 Å². The zero-order valence-corrected chi connectivity index (χ0v) is 14.5. The summed E-state index contributed by atoms with van der Waals surface area (Å²) in [5.74, 6) is 1.75. The van der Waals surface area contributed by atoms with Crippen molar-refractivity contribution in [1.82, 2.24) is 0 Å². The number of anilines is 1. The number of fused-ring (bicyclic) bond motifs is 4. The SMILES string of the molecule is CCN(CC)c1ccc2c(c1)OC1=CC([NH3+])c3cc(O)ccc3C1=N2. The van der Waals surface area contributed by atoms with Crippen molar-refractivity contribution in [2.75, 3.05) is 18.0 Å². The van der Waals surface area contributed by atoms with Crippen LogP contribution in [0.3, 0.4) is 0 Å². The number of hydrogen-bond acceptors (Lipinski definition) is 4. The van der Waals surface area contributed by atoms with Gasteiger partial charge in [0.25, 0.3) is 0 Å². The molecule has 0 fully saturated rings. The van der Waals surface area contributed by atoms with E-state index >= 15 is 0 Å². The van der Waals surface area contributed by atoms with E-state index in [9.17, 15) is 5.11 Å². The number of phenols is 1. The minimum absolute atomic E-state index is 0.0800. The summed E-state index contributed by atoms with van der Waals surface area (Å²) >= 11 is 0. The van der Waals surface area contributed by atoms with E-state index in [0.717, 1.165) is 52.8 Å². The molecule has 0 saturated heterocycles. The lowest BCUT2D eigenvalue weighted by atomic mass is 9.90. The fourth-order valence-electron chi connectivity index (χ4n) is 3.46. The topological polar surface area (TPSA) is 72.7 Å². The van der Waals surface area contributed by atoms with Crippen LogP contribution < -0.4 is 15.4 Å². The van der Waals surface area contributed by atoms with Gasteiger partial charge in [0.15, 0.2) is 11.5 Å². The van der Waals surface area contributed by atoms with Crippen LogP contribution in [-0.2, 0) is 0 Å². The van der Waals surface area contributed by atoms with E-state index in [2.05, 4.69) is 30.5 Å². The van der Waals surface area contributed by atoms with E-state index in [-0.39, 0.29) is 11.8 Å². The molecular formula is C20H22N3O2+. The lowest BCUT2D eigenvalue weighted by Gasteiger charge is -2.27. The number of rotatable bonds is 3. The Morgan fingerprint density at radius 1 is 1.16 bits per heavy atom. The highest BCUT2D eigenvalue weighted by Gasteiger charge is 2.30. The van der Waals surface area contributed by atoms with Crippen LogP contribution in [0.2, 0.25) is 0 Å². The summed E-state index contributed by atoms with van der Waals surface area (Å²) in [6, 6.07) is 11.4. The van der Waals surface area contributed by atoms with Crippen LogP contribution in [0.4, 0.5) is 11.4 Å². The first-order valence-electron chi connectivity index (χ1n) is 8.64. The molecule has 0 radical (unpaired) electrons. The molecule has 0 spiro atoms. The highest BCUT2D eigenvalue weighted by molar-refractivity contribution is 6.16. The minimum Gasteiger partial charge on any atom is -0.508 e. The number of nitrogens with zero attached hydrogens (tertiary/aromatic N) is 2. The van der Waals surface area contributed by atoms with Gasteiger partial charge in [0.1, 0.15) is 23.2 Å². The third kappa shape index (κ3) is 2.57. The summed E-state index contributed by atoms with van der Waals surface area (Å²) in [5, 5.41) is 9.76. The second kappa shape index (κ2) is 5.93. The lowest BCUT2D eigenvalue weighted by Crippen LogP contribution is -2.54. The van der Waals surface area contributed by atoms with Crippen LogP contribution in [0.25, 0.3) is 0 Å². The fraction of sp³-hybridized carbons (Fsp3) is 0.250. The highest BCUT2D eigenvalue weighted by atomic mass is 16.5. The molecule has 0 saturated carbocycles. The molecule has 1 heterocycles. The molecule has 1 unspecified atom stereocenters. The molecule has 1 aliphatic carbocycles. The number of quaternary nitrogens is 1. The number of aliphatic imine (C=N–C) groups is 1. The molecule has 25 heavy (non-hydrogen) atoms. The summed E-state index contributed by atoms with van der Waals surface area (Å²) in [7, 11) is 0. The molecular weight excluding hydrogens is 314 g/mol.